The Balaban J connectivity index is 1.76. The predicted molar refractivity (Wildman–Crippen MR) is 136 cm³/mol. The number of amides is 2. The lowest BCUT2D eigenvalue weighted by atomic mass is 9.71. The van der Waals surface area contributed by atoms with Crippen LogP contribution in [-0.4, -0.2) is 67.9 Å². The van der Waals surface area contributed by atoms with Gasteiger partial charge >= 0.3 is 5.97 Å². The number of esters is 1. The smallest absolute Gasteiger partial charge is 0.310 e. The molecule has 186 valence electrons. The van der Waals surface area contributed by atoms with Crippen molar-refractivity contribution >= 4 is 62.8 Å². The van der Waals surface area contributed by atoms with E-state index in [1.54, 1.807) is 47.9 Å². The van der Waals surface area contributed by atoms with E-state index >= 15 is 0 Å². The Bertz CT molecular complexity index is 963. The number of nitrogens with one attached hydrogen (secondary N) is 1. The Morgan fingerprint density at radius 1 is 1.35 bits per heavy atom. The van der Waals surface area contributed by atoms with E-state index in [4.69, 9.17) is 16.3 Å². The molecule has 2 N–H and O–H groups in total. The van der Waals surface area contributed by atoms with Crippen molar-refractivity contribution in [2.24, 2.45) is 17.8 Å². The van der Waals surface area contributed by atoms with Crippen LogP contribution in [0.25, 0.3) is 0 Å². The molecule has 10 heteroatoms. The molecule has 7 atom stereocenters. The molecule has 4 rings (SSSR count). The minimum atomic E-state index is -0.828. The van der Waals surface area contributed by atoms with Crippen LogP contribution >= 0.6 is 39.3 Å². The number of hydrogen-bond acceptors (Lipinski definition) is 6. The highest BCUT2D eigenvalue weighted by Crippen LogP contribution is 2.68. The van der Waals surface area contributed by atoms with Crippen molar-refractivity contribution < 1.29 is 24.2 Å². The number of fused-ring (bicyclic) bond motifs is 1. The van der Waals surface area contributed by atoms with Gasteiger partial charge in [-0.15, -0.1) is 11.8 Å². The highest BCUT2D eigenvalue weighted by Gasteiger charge is 2.76. The maximum Gasteiger partial charge on any atom is 0.310 e. The molecule has 3 heterocycles. The second-order valence-electron chi connectivity index (χ2n) is 9.62. The van der Waals surface area contributed by atoms with Crippen LogP contribution in [0.15, 0.2) is 24.3 Å². The summed E-state index contributed by atoms with van der Waals surface area (Å²) < 4.78 is 4.58. The topological polar surface area (TPSA) is 95.9 Å². The molecule has 7 nitrogen and oxygen atoms in total. The fourth-order valence-corrected chi connectivity index (χ4v) is 9.55. The van der Waals surface area contributed by atoms with Gasteiger partial charge in [0.2, 0.25) is 11.8 Å². The van der Waals surface area contributed by atoms with Crippen LogP contribution in [0.4, 0.5) is 5.69 Å². The number of alkyl halides is 1. The first-order valence-corrected chi connectivity index (χ1v) is 13.8. The average Bonchev–Trinajstić information content (AvgIpc) is 3.37. The number of aliphatic hydroxyl groups excluding tert-OH is 1. The molecule has 3 saturated heterocycles. The molecule has 3 unspecified atom stereocenters. The molecule has 2 amide bonds. The zero-order valence-corrected chi connectivity index (χ0v) is 22.5. The van der Waals surface area contributed by atoms with Crippen molar-refractivity contribution in [3.63, 3.8) is 0 Å². The number of benzene rings is 1. The summed E-state index contributed by atoms with van der Waals surface area (Å²) in [6, 6.07) is 5.44. The normalized spacial score (nSPS) is 32.7. The molecule has 0 aromatic heterocycles. The van der Waals surface area contributed by atoms with E-state index in [-0.39, 0.29) is 41.0 Å². The van der Waals surface area contributed by atoms with Gasteiger partial charge in [-0.2, -0.15) is 0 Å². The molecule has 3 fully saturated rings. The van der Waals surface area contributed by atoms with E-state index in [0.717, 1.165) is 0 Å². The van der Waals surface area contributed by atoms with Crippen LogP contribution in [0.5, 0.6) is 0 Å². The second-order valence-corrected chi connectivity index (χ2v) is 12.8. The monoisotopic (exact) mass is 572 g/mol. The highest BCUT2D eigenvalue weighted by atomic mass is 79.9. The number of nitrogens with zero attached hydrogens (tertiary/aromatic N) is 1. The van der Waals surface area contributed by atoms with Crippen molar-refractivity contribution in [3.8, 4) is 0 Å². The first-order chi connectivity index (χ1) is 16.1. The van der Waals surface area contributed by atoms with Crippen LogP contribution in [0, 0.1) is 17.8 Å². The van der Waals surface area contributed by atoms with Crippen LogP contribution in [0.1, 0.15) is 33.6 Å². The number of carbonyl (C=O) groups excluding carboxylic acids is 3. The quantitative estimate of drug-likeness (QED) is 0.364. The number of carbonyl (C=O) groups is 3. The molecular formula is C24H30BrClN2O5S. The lowest BCUT2D eigenvalue weighted by molar-refractivity contribution is -0.154. The van der Waals surface area contributed by atoms with Gasteiger partial charge in [0.25, 0.3) is 0 Å². The molecule has 0 saturated carbocycles. The molecule has 3 aliphatic heterocycles. The summed E-state index contributed by atoms with van der Waals surface area (Å²) >= 11 is 11.3. The summed E-state index contributed by atoms with van der Waals surface area (Å²) in [5, 5.41) is 13.6. The minimum absolute atomic E-state index is 0.0283. The third-order valence-electron chi connectivity index (χ3n) is 6.99. The highest BCUT2D eigenvalue weighted by molar-refractivity contribution is 9.09. The maximum absolute atomic E-state index is 14.0. The minimum Gasteiger partial charge on any atom is -0.466 e. The van der Waals surface area contributed by atoms with Crippen molar-refractivity contribution in [2.75, 3.05) is 18.5 Å². The first kappa shape index (κ1) is 25.8. The van der Waals surface area contributed by atoms with Crippen molar-refractivity contribution in [1.29, 1.82) is 0 Å². The molecule has 1 aromatic carbocycles. The van der Waals surface area contributed by atoms with Gasteiger partial charge in [-0.05, 0) is 49.9 Å². The summed E-state index contributed by atoms with van der Waals surface area (Å²) in [5.41, 5.74) is 0.570. The third-order valence-corrected chi connectivity index (χ3v) is 10.5. The zero-order valence-electron chi connectivity index (χ0n) is 19.4. The number of hydrogen-bond donors (Lipinski definition) is 2. The van der Waals surface area contributed by atoms with E-state index in [1.807, 2.05) is 13.8 Å². The largest absolute Gasteiger partial charge is 0.466 e. The van der Waals surface area contributed by atoms with Gasteiger partial charge in [0.05, 0.1) is 35.8 Å². The zero-order chi connectivity index (χ0) is 24.8. The van der Waals surface area contributed by atoms with E-state index in [9.17, 15) is 19.5 Å². The van der Waals surface area contributed by atoms with Gasteiger partial charge in [0, 0.05) is 20.8 Å². The Hall–Kier alpha value is -1.29. The second kappa shape index (κ2) is 9.99. The Morgan fingerprint density at radius 2 is 2.03 bits per heavy atom. The Morgan fingerprint density at radius 3 is 2.62 bits per heavy atom. The molecule has 0 aliphatic carbocycles. The third kappa shape index (κ3) is 4.27. The molecule has 1 spiro atoms. The summed E-state index contributed by atoms with van der Waals surface area (Å²) in [5.74, 6) is -2.06. The molecule has 2 bridgehead atoms. The predicted octanol–water partition coefficient (Wildman–Crippen LogP) is 3.71. The van der Waals surface area contributed by atoms with Crippen LogP contribution < -0.4 is 5.32 Å². The van der Waals surface area contributed by atoms with Gasteiger partial charge in [-0.25, -0.2) is 0 Å². The van der Waals surface area contributed by atoms with Crippen molar-refractivity contribution in [3.05, 3.63) is 29.3 Å². The summed E-state index contributed by atoms with van der Waals surface area (Å²) in [4.78, 5) is 42.3. The number of aliphatic hydroxyl groups is 1. The number of halogens is 2. The van der Waals surface area contributed by atoms with Crippen LogP contribution in [-0.2, 0) is 19.1 Å². The van der Waals surface area contributed by atoms with E-state index in [0.29, 0.717) is 23.6 Å². The van der Waals surface area contributed by atoms with Crippen LogP contribution in [0.3, 0.4) is 0 Å². The van der Waals surface area contributed by atoms with Crippen molar-refractivity contribution in [1.82, 2.24) is 4.90 Å². The summed E-state index contributed by atoms with van der Waals surface area (Å²) in [6.07, 6.45) is 1.12. The van der Waals surface area contributed by atoms with E-state index in [1.165, 1.54) is 0 Å². The molecule has 1 aromatic rings. The fraction of sp³-hybridized carbons (Fsp3) is 0.625. The lowest BCUT2D eigenvalue weighted by Crippen LogP contribution is -2.55. The lowest BCUT2D eigenvalue weighted by Gasteiger charge is -2.37. The molecule has 3 aliphatic rings. The van der Waals surface area contributed by atoms with Gasteiger partial charge < -0.3 is 20.1 Å². The molecule has 0 radical (unpaired) electrons. The van der Waals surface area contributed by atoms with Gasteiger partial charge in [0.1, 0.15) is 6.04 Å². The number of likely N-dealkylation sites (tertiary alicyclic amines) is 1. The van der Waals surface area contributed by atoms with Gasteiger partial charge in [-0.3, -0.25) is 14.4 Å². The average molecular weight is 574 g/mol. The number of rotatable bonds is 8. The fourth-order valence-electron chi connectivity index (χ4n) is 5.83. The maximum atomic E-state index is 14.0. The standard InChI is InChI=1S/C24H30BrClN2O5S/c1-4-33-23(32)17-18-22(31)28(15(11-29)9-12(2)3)20(24(18)10-16(25)19(17)34-24)21(30)27-14-7-5-13(26)6-8-14/h5-8,12,15-20,29H,4,9-11H2,1-3H3,(H,27,30)/t15-,16?,17-,18+,19-,20?,24?/m1/s1. The Labute approximate surface area is 217 Å². The number of anilines is 1. The van der Waals surface area contributed by atoms with Crippen LogP contribution in [0.2, 0.25) is 5.02 Å². The van der Waals surface area contributed by atoms with Crippen molar-refractivity contribution in [2.45, 2.75) is 60.5 Å². The number of thioether (sulfide) groups is 1. The first-order valence-electron chi connectivity index (χ1n) is 11.6. The summed E-state index contributed by atoms with van der Waals surface area (Å²) in [7, 11) is 0. The van der Waals surface area contributed by atoms with Gasteiger partial charge in [0.15, 0.2) is 0 Å². The Kier molecular flexibility index (Phi) is 7.58. The SMILES string of the molecule is CCOC(=O)[C@H]1[C@@H]2SC3(CC2Br)C(C(=O)Nc2ccc(Cl)cc2)N([C@@H](CO)CC(C)C)C(=O)[C@H]13. The van der Waals surface area contributed by atoms with E-state index < -0.39 is 34.6 Å². The van der Waals surface area contributed by atoms with E-state index in [2.05, 4.69) is 21.2 Å². The summed E-state index contributed by atoms with van der Waals surface area (Å²) in [6.45, 7) is 5.75. The molecule has 34 heavy (non-hydrogen) atoms. The number of ether oxygens (including phenoxy) is 1. The molecular weight excluding hydrogens is 544 g/mol. The van der Waals surface area contributed by atoms with Gasteiger partial charge in [-0.1, -0.05) is 41.4 Å².